The Morgan fingerprint density at radius 1 is 1.35 bits per heavy atom. The Hall–Kier alpha value is -2.22. The zero-order valence-corrected chi connectivity index (χ0v) is 14.6. The van der Waals surface area contributed by atoms with Crippen LogP contribution in [0.15, 0.2) is 41.4 Å². The fourth-order valence-electron chi connectivity index (χ4n) is 2.45. The van der Waals surface area contributed by atoms with Gasteiger partial charge in [-0.3, -0.25) is 4.99 Å². The van der Waals surface area contributed by atoms with Crippen molar-refractivity contribution in [3.63, 3.8) is 0 Å². The third-order valence-corrected chi connectivity index (χ3v) is 3.76. The number of halogens is 3. The first kappa shape index (κ1) is 20.1. The fourth-order valence-corrected chi connectivity index (χ4v) is 2.45. The van der Waals surface area contributed by atoms with Gasteiger partial charge in [-0.25, -0.2) is 0 Å². The molecule has 0 aromatic heterocycles. The minimum absolute atomic E-state index is 0.0601. The average Bonchev–Trinajstić information content (AvgIpc) is 3.10. The molecule has 0 heterocycles. The van der Waals surface area contributed by atoms with Crippen molar-refractivity contribution < 1.29 is 23.0 Å². The van der Waals surface area contributed by atoms with Crippen molar-refractivity contribution in [1.29, 1.82) is 0 Å². The fraction of sp³-hybridized carbons (Fsp3) is 0.500. The number of nitrogens with one attached hydrogen (secondary N) is 2. The van der Waals surface area contributed by atoms with Crippen LogP contribution < -0.4 is 15.4 Å². The molecule has 8 heteroatoms. The van der Waals surface area contributed by atoms with Gasteiger partial charge in [0.15, 0.2) is 5.96 Å². The first-order chi connectivity index (χ1) is 12.4. The third kappa shape index (κ3) is 6.59. The van der Waals surface area contributed by atoms with E-state index in [1.807, 2.05) is 6.92 Å². The van der Waals surface area contributed by atoms with E-state index in [1.165, 1.54) is 12.1 Å². The van der Waals surface area contributed by atoms with Crippen LogP contribution in [0, 0.1) is 0 Å². The Morgan fingerprint density at radius 3 is 2.73 bits per heavy atom. The molecule has 1 aliphatic rings. The zero-order valence-electron chi connectivity index (χ0n) is 14.6. The van der Waals surface area contributed by atoms with Crippen LogP contribution in [-0.2, 0) is 6.18 Å². The van der Waals surface area contributed by atoms with Gasteiger partial charge >= 0.3 is 6.18 Å². The molecule has 1 aromatic carbocycles. The van der Waals surface area contributed by atoms with E-state index in [0.717, 1.165) is 25.0 Å². The topological polar surface area (TPSA) is 65.9 Å². The molecule has 0 bridgehead atoms. The number of benzene rings is 1. The van der Waals surface area contributed by atoms with Gasteiger partial charge < -0.3 is 20.5 Å². The lowest BCUT2D eigenvalue weighted by molar-refractivity contribution is -0.137. The van der Waals surface area contributed by atoms with E-state index >= 15 is 0 Å². The van der Waals surface area contributed by atoms with Gasteiger partial charge in [-0.05, 0) is 38.0 Å². The molecule has 26 heavy (non-hydrogen) atoms. The Labute approximate surface area is 151 Å². The van der Waals surface area contributed by atoms with E-state index in [1.54, 1.807) is 0 Å². The van der Waals surface area contributed by atoms with Crippen LogP contribution in [0.1, 0.15) is 25.3 Å². The summed E-state index contributed by atoms with van der Waals surface area (Å²) in [7, 11) is 0. The van der Waals surface area contributed by atoms with Gasteiger partial charge in [-0.1, -0.05) is 18.2 Å². The van der Waals surface area contributed by atoms with Crippen LogP contribution in [-0.4, -0.2) is 42.9 Å². The van der Waals surface area contributed by atoms with Gasteiger partial charge in [-0.15, -0.1) is 0 Å². The second-order valence-corrected chi connectivity index (χ2v) is 5.99. The van der Waals surface area contributed by atoms with E-state index in [-0.39, 0.29) is 24.9 Å². The minimum atomic E-state index is -4.43. The molecule has 0 fully saturated rings. The van der Waals surface area contributed by atoms with Crippen LogP contribution in [0.3, 0.4) is 0 Å². The predicted octanol–water partition coefficient (Wildman–Crippen LogP) is 2.72. The van der Waals surface area contributed by atoms with E-state index in [0.29, 0.717) is 12.5 Å². The Bertz CT molecular complexity index is 624. The number of rotatable bonds is 7. The van der Waals surface area contributed by atoms with Crippen molar-refractivity contribution in [2.24, 2.45) is 4.99 Å². The Balaban J connectivity index is 1.83. The number of hydrogen-bond acceptors (Lipinski definition) is 3. The van der Waals surface area contributed by atoms with E-state index in [2.05, 4.69) is 27.8 Å². The molecule has 0 radical (unpaired) electrons. The standard InChI is InChI=1S/C18H24F3N3O2/c1-2-22-17(24-14-7-3-4-8-14)23-11-15(25)12-26-16-9-5-6-13(10-16)18(19,20)21/h3-6,9-10,14-15,25H,2,7-8,11-12H2,1H3,(H2,22,23,24). The van der Waals surface area contributed by atoms with Crippen molar-refractivity contribution >= 4 is 5.96 Å². The summed E-state index contributed by atoms with van der Waals surface area (Å²) < 4.78 is 43.3. The molecule has 2 rings (SSSR count). The predicted molar refractivity (Wildman–Crippen MR) is 94.2 cm³/mol. The highest BCUT2D eigenvalue weighted by Crippen LogP contribution is 2.31. The number of nitrogens with zero attached hydrogens (tertiary/aromatic N) is 1. The van der Waals surface area contributed by atoms with Gasteiger partial charge in [0.1, 0.15) is 18.5 Å². The molecule has 1 aliphatic carbocycles. The van der Waals surface area contributed by atoms with E-state index < -0.39 is 17.8 Å². The summed E-state index contributed by atoms with van der Waals surface area (Å²) in [6, 6.07) is 4.86. The van der Waals surface area contributed by atoms with Crippen LogP contribution >= 0.6 is 0 Å². The van der Waals surface area contributed by atoms with Gasteiger partial charge in [0.25, 0.3) is 0 Å². The zero-order chi connectivity index (χ0) is 19.0. The number of aliphatic hydroxyl groups is 1. The molecule has 5 nitrogen and oxygen atoms in total. The van der Waals surface area contributed by atoms with Crippen LogP contribution in [0.25, 0.3) is 0 Å². The summed E-state index contributed by atoms with van der Waals surface area (Å²) >= 11 is 0. The molecule has 3 N–H and O–H groups in total. The molecular weight excluding hydrogens is 347 g/mol. The van der Waals surface area contributed by atoms with Crippen LogP contribution in [0.2, 0.25) is 0 Å². The minimum Gasteiger partial charge on any atom is -0.491 e. The maximum Gasteiger partial charge on any atom is 0.416 e. The second-order valence-electron chi connectivity index (χ2n) is 5.99. The number of guanidine groups is 1. The molecule has 1 atom stereocenters. The first-order valence-electron chi connectivity index (χ1n) is 8.56. The summed E-state index contributed by atoms with van der Waals surface area (Å²) in [4.78, 5) is 4.30. The average molecular weight is 371 g/mol. The lowest BCUT2D eigenvalue weighted by Gasteiger charge is -2.17. The number of aliphatic imine (C=N–C) groups is 1. The highest BCUT2D eigenvalue weighted by atomic mass is 19.4. The van der Waals surface area contributed by atoms with Crippen molar-refractivity contribution in [1.82, 2.24) is 10.6 Å². The summed E-state index contributed by atoms with van der Waals surface area (Å²) in [6.07, 6.45) is 0.681. The van der Waals surface area contributed by atoms with Crippen LogP contribution in [0.4, 0.5) is 13.2 Å². The largest absolute Gasteiger partial charge is 0.491 e. The van der Waals surface area contributed by atoms with Gasteiger partial charge in [0, 0.05) is 12.6 Å². The van der Waals surface area contributed by atoms with Gasteiger partial charge in [0.05, 0.1) is 12.1 Å². The molecule has 0 aliphatic heterocycles. The summed E-state index contributed by atoms with van der Waals surface area (Å²) in [5, 5.41) is 16.4. The van der Waals surface area contributed by atoms with E-state index in [9.17, 15) is 18.3 Å². The summed E-state index contributed by atoms with van der Waals surface area (Å²) in [6.45, 7) is 2.56. The molecule has 0 saturated heterocycles. The second kappa shape index (κ2) is 9.47. The highest BCUT2D eigenvalue weighted by Gasteiger charge is 2.30. The van der Waals surface area contributed by atoms with E-state index in [4.69, 9.17) is 4.74 Å². The van der Waals surface area contributed by atoms with Crippen molar-refractivity contribution in [3.05, 3.63) is 42.0 Å². The van der Waals surface area contributed by atoms with Crippen molar-refractivity contribution in [3.8, 4) is 5.75 Å². The maximum atomic E-state index is 12.7. The van der Waals surface area contributed by atoms with Gasteiger partial charge in [0.2, 0.25) is 0 Å². The van der Waals surface area contributed by atoms with Crippen molar-refractivity contribution in [2.75, 3.05) is 19.7 Å². The third-order valence-electron chi connectivity index (χ3n) is 3.76. The number of alkyl halides is 3. The van der Waals surface area contributed by atoms with Gasteiger partial charge in [-0.2, -0.15) is 13.2 Å². The molecule has 1 aromatic rings. The normalized spacial score (nSPS) is 16.6. The summed E-state index contributed by atoms with van der Waals surface area (Å²) in [5.74, 6) is 0.657. The Morgan fingerprint density at radius 2 is 2.08 bits per heavy atom. The number of aliphatic hydroxyl groups excluding tert-OH is 1. The monoisotopic (exact) mass is 371 g/mol. The molecule has 144 valence electrons. The quantitative estimate of drug-likeness (QED) is 0.392. The smallest absolute Gasteiger partial charge is 0.416 e. The van der Waals surface area contributed by atoms with Crippen molar-refractivity contribution in [2.45, 2.75) is 38.1 Å². The molecule has 0 saturated carbocycles. The lowest BCUT2D eigenvalue weighted by Crippen LogP contribution is -2.43. The number of hydrogen-bond donors (Lipinski definition) is 3. The van der Waals surface area contributed by atoms with Crippen LogP contribution in [0.5, 0.6) is 5.75 Å². The molecule has 1 unspecified atom stereocenters. The SMILES string of the molecule is CCNC(=NCC(O)COc1cccc(C(F)(F)F)c1)NC1CC=CC1. The summed E-state index contributed by atoms with van der Waals surface area (Å²) in [5.41, 5.74) is -0.786. The highest BCUT2D eigenvalue weighted by molar-refractivity contribution is 5.80. The lowest BCUT2D eigenvalue weighted by atomic mass is 10.2. The molecule has 0 spiro atoms. The first-order valence-corrected chi connectivity index (χ1v) is 8.56. The number of ether oxygens (including phenoxy) is 1. The molecular formula is C18H24F3N3O2. The molecule has 0 amide bonds. The maximum absolute atomic E-state index is 12.7. The Kier molecular flexibility index (Phi) is 7.32.